The Kier molecular flexibility index (Phi) is 6.05. The van der Waals surface area contributed by atoms with Crippen LogP contribution in [0.3, 0.4) is 0 Å². The summed E-state index contributed by atoms with van der Waals surface area (Å²) < 4.78 is 13.3. The number of rotatable bonds is 5. The van der Waals surface area contributed by atoms with E-state index in [1.54, 1.807) is 10.6 Å². The molecule has 0 radical (unpaired) electrons. The minimum atomic E-state index is -0.928. The van der Waals surface area contributed by atoms with Crippen LogP contribution in [0.2, 0.25) is 0 Å². The first-order chi connectivity index (χ1) is 15.8. The highest BCUT2D eigenvalue weighted by Gasteiger charge is 2.29. The van der Waals surface area contributed by atoms with Gasteiger partial charge in [-0.25, -0.2) is 0 Å². The third-order valence-corrected chi connectivity index (χ3v) is 5.58. The van der Waals surface area contributed by atoms with Crippen molar-refractivity contribution >= 4 is 22.5 Å². The minimum absolute atomic E-state index is 0.0294. The van der Waals surface area contributed by atoms with E-state index in [1.165, 1.54) is 0 Å². The smallest absolute Gasteiger partial charge is 0.308 e. The van der Waals surface area contributed by atoms with E-state index in [-0.39, 0.29) is 23.6 Å². The molecule has 0 saturated heterocycles. The Morgan fingerprint density at radius 2 is 2.03 bits per heavy atom. The summed E-state index contributed by atoms with van der Waals surface area (Å²) in [6.45, 7) is 6.77. The molecular weight excluding hydrogens is 420 g/mol. The minimum Gasteiger partial charge on any atom is -0.493 e. The van der Waals surface area contributed by atoms with Crippen LogP contribution < -0.4 is 9.47 Å². The molecule has 8 nitrogen and oxygen atoms in total. The van der Waals surface area contributed by atoms with Gasteiger partial charge in [0.1, 0.15) is 6.61 Å². The molecule has 3 aromatic rings. The number of aromatic nitrogens is 1. The second-order valence-electron chi connectivity index (χ2n) is 8.97. The molecule has 4 rings (SSSR count). The summed E-state index contributed by atoms with van der Waals surface area (Å²) in [5.74, 6) is 0.399. The number of unbranched alkanes of at least 4 members (excludes halogenated alkanes) is 1. The average molecular weight is 447 g/mol. The summed E-state index contributed by atoms with van der Waals surface area (Å²) in [5.41, 5.74) is 1.96. The molecule has 1 aliphatic rings. The number of azo groups is 1. The van der Waals surface area contributed by atoms with Gasteiger partial charge in [0.25, 0.3) is 0 Å². The number of para-hydroxylation sites is 1. The van der Waals surface area contributed by atoms with Gasteiger partial charge in [-0.15, -0.1) is 10.2 Å². The molecule has 2 aromatic carbocycles. The van der Waals surface area contributed by atoms with Gasteiger partial charge in [-0.1, -0.05) is 45.0 Å². The number of nitrogens with zero attached hydrogens (tertiary/aromatic N) is 4. The van der Waals surface area contributed by atoms with E-state index < -0.39 is 12.0 Å². The average Bonchev–Trinajstić information content (AvgIpc) is 3.07. The predicted octanol–water partition coefficient (Wildman–Crippen LogP) is 5.40. The molecular formula is C25H26N4O4. The summed E-state index contributed by atoms with van der Waals surface area (Å²) in [7, 11) is 0. The normalized spacial score (nSPS) is 15.6. The Balaban J connectivity index is 1.56. The Morgan fingerprint density at radius 1 is 1.24 bits per heavy atom. The Hall–Kier alpha value is -3.86. The van der Waals surface area contributed by atoms with Gasteiger partial charge in [0.05, 0.1) is 11.6 Å². The molecule has 1 aromatic heterocycles. The van der Waals surface area contributed by atoms with Crippen molar-refractivity contribution in [2.75, 3.05) is 6.61 Å². The zero-order valence-electron chi connectivity index (χ0n) is 18.9. The number of fused-ring (bicyclic) bond motifs is 2. The molecule has 0 bridgehead atoms. The fourth-order valence-corrected chi connectivity index (χ4v) is 3.74. The van der Waals surface area contributed by atoms with Crippen molar-refractivity contribution < 1.29 is 19.4 Å². The fourth-order valence-electron chi connectivity index (χ4n) is 3.74. The molecule has 2 heterocycles. The van der Waals surface area contributed by atoms with E-state index in [2.05, 4.69) is 37.1 Å². The van der Waals surface area contributed by atoms with Crippen molar-refractivity contribution in [2.45, 2.75) is 51.7 Å². The van der Waals surface area contributed by atoms with Gasteiger partial charge in [0.2, 0.25) is 12.0 Å². The van der Waals surface area contributed by atoms with Crippen molar-refractivity contribution in [3.05, 3.63) is 48.0 Å². The molecule has 33 heavy (non-hydrogen) atoms. The van der Waals surface area contributed by atoms with Crippen molar-refractivity contribution in [1.82, 2.24) is 4.57 Å². The van der Waals surface area contributed by atoms with Gasteiger partial charge in [0.15, 0.2) is 17.2 Å². The van der Waals surface area contributed by atoms with Gasteiger partial charge in [0, 0.05) is 18.4 Å². The number of hydrogen-bond donors (Lipinski definition) is 1. The number of aryl methyl sites for hydroxylation is 1. The lowest BCUT2D eigenvalue weighted by Crippen LogP contribution is -2.35. The summed E-state index contributed by atoms with van der Waals surface area (Å²) in [6, 6.07) is 15.1. The molecule has 170 valence electrons. The van der Waals surface area contributed by atoms with Crippen molar-refractivity contribution in [2.24, 2.45) is 10.2 Å². The first kappa shape index (κ1) is 22.3. The standard InChI is InChI=1S/C25H26N4O4/c1-25(2,3)16-10-11-19-20(14-16)33-21(15-32-19)23(30)28-27-22-17-8-4-5-9-18(17)29(24(22)31)13-7-6-12-26/h4-5,8-11,14,21,31H,6-7,13,15H2,1-3H3. The largest absolute Gasteiger partial charge is 0.493 e. The van der Waals surface area contributed by atoms with E-state index in [0.29, 0.717) is 36.3 Å². The molecule has 1 N–H and O–H groups in total. The van der Waals surface area contributed by atoms with Crippen LogP contribution in [0.1, 0.15) is 39.2 Å². The number of ether oxygens (including phenoxy) is 2. The number of aromatic hydroxyl groups is 1. The summed E-state index contributed by atoms with van der Waals surface area (Å²) in [6.07, 6.45) is 0.0303. The Bertz CT molecular complexity index is 1260. The Labute approximate surface area is 192 Å². The van der Waals surface area contributed by atoms with E-state index in [0.717, 1.165) is 11.1 Å². The van der Waals surface area contributed by atoms with Crippen LogP contribution in [0, 0.1) is 11.3 Å². The maximum absolute atomic E-state index is 12.7. The number of hydrogen-bond acceptors (Lipinski definition) is 6. The van der Waals surface area contributed by atoms with Crippen LogP contribution in [0.4, 0.5) is 5.69 Å². The van der Waals surface area contributed by atoms with Gasteiger partial charge in [-0.3, -0.25) is 4.79 Å². The SMILES string of the molecule is CC(C)(C)c1ccc2c(c1)OC(C(=O)N=Nc1c(O)n(CCCC#N)c3ccccc13)CO2. The first-order valence-corrected chi connectivity index (χ1v) is 10.9. The highest BCUT2D eigenvalue weighted by molar-refractivity contribution is 5.95. The van der Waals surface area contributed by atoms with Gasteiger partial charge < -0.3 is 19.1 Å². The lowest BCUT2D eigenvalue weighted by Gasteiger charge is -2.27. The van der Waals surface area contributed by atoms with E-state index in [4.69, 9.17) is 14.7 Å². The van der Waals surface area contributed by atoms with Crippen molar-refractivity contribution in [3.63, 3.8) is 0 Å². The van der Waals surface area contributed by atoms with Crippen LogP contribution in [0.15, 0.2) is 52.7 Å². The molecule has 1 aliphatic heterocycles. The third kappa shape index (κ3) is 4.53. The van der Waals surface area contributed by atoms with E-state index in [1.807, 2.05) is 36.4 Å². The fraction of sp³-hybridized carbons (Fsp3) is 0.360. The lowest BCUT2D eigenvalue weighted by atomic mass is 9.87. The maximum atomic E-state index is 12.7. The van der Waals surface area contributed by atoms with E-state index >= 15 is 0 Å². The molecule has 0 saturated carbocycles. The second kappa shape index (κ2) is 8.94. The van der Waals surface area contributed by atoms with Crippen LogP contribution in [0.5, 0.6) is 17.4 Å². The monoisotopic (exact) mass is 446 g/mol. The molecule has 0 fully saturated rings. The van der Waals surface area contributed by atoms with Gasteiger partial charge in [-0.05, 0) is 35.6 Å². The van der Waals surface area contributed by atoms with E-state index in [9.17, 15) is 9.90 Å². The van der Waals surface area contributed by atoms with Gasteiger partial charge in [-0.2, -0.15) is 5.26 Å². The second-order valence-corrected chi connectivity index (χ2v) is 8.97. The maximum Gasteiger partial charge on any atom is 0.308 e. The van der Waals surface area contributed by atoms with Crippen LogP contribution in [0.25, 0.3) is 10.9 Å². The molecule has 0 aliphatic carbocycles. The number of amides is 1. The molecule has 0 spiro atoms. The number of nitriles is 1. The third-order valence-electron chi connectivity index (χ3n) is 5.58. The van der Waals surface area contributed by atoms with Crippen LogP contribution >= 0.6 is 0 Å². The molecule has 1 atom stereocenters. The zero-order valence-corrected chi connectivity index (χ0v) is 18.9. The zero-order chi connectivity index (χ0) is 23.6. The molecule has 1 unspecified atom stereocenters. The number of benzene rings is 2. The Morgan fingerprint density at radius 3 is 2.79 bits per heavy atom. The molecule has 8 heteroatoms. The summed E-state index contributed by atoms with van der Waals surface area (Å²) in [5, 5.41) is 28.1. The predicted molar refractivity (Wildman–Crippen MR) is 123 cm³/mol. The summed E-state index contributed by atoms with van der Waals surface area (Å²) in [4.78, 5) is 12.7. The first-order valence-electron chi connectivity index (χ1n) is 10.9. The highest BCUT2D eigenvalue weighted by atomic mass is 16.6. The highest BCUT2D eigenvalue weighted by Crippen LogP contribution is 2.39. The van der Waals surface area contributed by atoms with Crippen LogP contribution in [-0.4, -0.2) is 28.3 Å². The number of carbonyl (C=O) groups excluding carboxylic acids is 1. The van der Waals surface area contributed by atoms with Crippen LogP contribution in [-0.2, 0) is 16.8 Å². The lowest BCUT2D eigenvalue weighted by molar-refractivity contribution is -0.127. The van der Waals surface area contributed by atoms with Gasteiger partial charge >= 0.3 is 5.91 Å². The number of carbonyl (C=O) groups is 1. The van der Waals surface area contributed by atoms with Crippen molar-refractivity contribution in [1.29, 1.82) is 5.26 Å². The van der Waals surface area contributed by atoms with Crippen molar-refractivity contribution in [3.8, 4) is 23.4 Å². The topological polar surface area (TPSA) is 109 Å². The quantitative estimate of drug-likeness (QED) is 0.417. The summed E-state index contributed by atoms with van der Waals surface area (Å²) >= 11 is 0. The molecule has 1 amide bonds.